The van der Waals surface area contributed by atoms with Crippen molar-refractivity contribution in [3.8, 4) is 5.69 Å². The van der Waals surface area contributed by atoms with Gasteiger partial charge in [-0.15, -0.1) is 4.57 Å². The number of carboxylic acid groups (broad SMARTS) is 1. The van der Waals surface area contributed by atoms with Gasteiger partial charge in [-0.2, -0.15) is 0 Å². The zero-order valence-electron chi connectivity index (χ0n) is 9.98. The van der Waals surface area contributed by atoms with E-state index in [0.29, 0.717) is 0 Å². The van der Waals surface area contributed by atoms with E-state index in [4.69, 9.17) is 4.42 Å². The predicted octanol–water partition coefficient (Wildman–Crippen LogP) is 0.845. The third-order valence-electron chi connectivity index (χ3n) is 2.66. The lowest BCUT2D eigenvalue weighted by atomic mass is 10.0. The van der Waals surface area contributed by atoms with Crippen molar-refractivity contribution in [3.05, 3.63) is 47.2 Å². The minimum Gasteiger partial charge on any atom is -0.537 e. The molecule has 1 heterocycles. The van der Waals surface area contributed by atoms with Gasteiger partial charge in [-0.25, -0.2) is 0 Å². The molecule has 88 valence electrons. The number of nitrogens with zero attached hydrogens (tertiary/aromatic N) is 1. The fourth-order valence-corrected chi connectivity index (χ4v) is 2.16. The van der Waals surface area contributed by atoms with E-state index in [1.807, 2.05) is 32.9 Å². The minimum atomic E-state index is -1.32. The van der Waals surface area contributed by atoms with Crippen LogP contribution in [0.3, 0.4) is 0 Å². The number of carbonyl (C=O) groups is 1. The molecule has 4 nitrogen and oxygen atoms in total. The Labute approximate surface area is 99.1 Å². The average molecular weight is 231 g/mol. The number of aryl methyl sites for hydroxylation is 3. The summed E-state index contributed by atoms with van der Waals surface area (Å²) in [4.78, 5) is 10.9. The van der Waals surface area contributed by atoms with Gasteiger partial charge in [0.2, 0.25) is 11.9 Å². The van der Waals surface area contributed by atoms with Crippen molar-refractivity contribution in [1.29, 1.82) is 0 Å². The number of hydrogen-bond acceptors (Lipinski definition) is 3. The van der Waals surface area contributed by atoms with Gasteiger partial charge >= 0.3 is 5.89 Å². The van der Waals surface area contributed by atoms with E-state index in [9.17, 15) is 9.90 Å². The first kappa shape index (κ1) is 11.4. The highest BCUT2D eigenvalue weighted by Crippen LogP contribution is 2.16. The van der Waals surface area contributed by atoms with E-state index >= 15 is 0 Å². The Bertz CT molecular complexity index is 561. The first-order valence-electron chi connectivity index (χ1n) is 5.29. The molecule has 0 saturated carbocycles. The summed E-state index contributed by atoms with van der Waals surface area (Å²) >= 11 is 0. The summed E-state index contributed by atoms with van der Waals surface area (Å²) in [5.41, 5.74) is 3.96. The Balaban J connectivity index is 2.69. The smallest absolute Gasteiger partial charge is 0.402 e. The highest BCUT2D eigenvalue weighted by atomic mass is 16.4. The normalized spacial score (nSPS) is 10.5. The summed E-state index contributed by atoms with van der Waals surface area (Å²) in [5, 5.41) is 10.9. The number of carbonyl (C=O) groups excluding carboxylic acids is 1. The van der Waals surface area contributed by atoms with E-state index in [0.717, 1.165) is 22.4 Å². The van der Waals surface area contributed by atoms with Crippen LogP contribution in [-0.4, -0.2) is 5.97 Å². The maximum absolute atomic E-state index is 10.9. The first-order valence-corrected chi connectivity index (χ1v) is 5.29. The maximum atomic E-state index is 10.9. The van der Waals surface area contributed by atoms with Crippen LogP contribution >= 0.6 is 0 Å². The molecule has 0 bridgehead atoms. The van der Waals surface area contributed by atoms with Crippen molar-refractivity contribution in [1.82, 2.24) is 0 Å². The molecule has 0 N–H and O–H groups in total. The Morgan fingerprint density at radius 2 is 1.82 bits per heavy atom. The quantitative estimate of drug-likeness (QED) is 0.720. The highest BCUT2D eigenvalue weighted by Gasteiger charge is 2.22. The minimum absolute atomic E-state index is 0.194. The zero-order chi connectivity index (χ0) is 12.6. The van der Waals surface area contributed by atoms with Gasteiger partial charge in [0.25, 0.3) is 0 Å². The van der Waals surface area contributed by atoms with E-state index < -0.39 is 5.97 Å². The summed E-state index contributed by atoms with van der Waals surface area (Å²) in [6, 6.07) is 4.00. The molecular weight excluding hydrogens is 218 g/mol. The molecule has 0 aliphatic rings. The number of aromatic carboxylic acids is 1. The van der Waals surface area contributed by atoms with Gasteiger partial charge in [0.05, 0.1) is 0 Å². The van der Waals surface area contributed by atoms with Gasteiger partial charge in [-0.1, -0.05) is 5.56 Å². The van der Waals surface area contributed by atoms with Crippen LogP contribution in [0, 0.1) is 20.8 Å². The van der Waals surface area contributed by atoms with Crippen molar-refractivity contribution in [3.63, 3.8) is 0 Å². The number of oxazole rings is 1. The Morgan fingerprint density at radius 3 is 2.35 bits per heavy atom. The first-order chi connectivity index (χ1) is 8.00. The topological polar surface area (TPSA) is 57.2 Å². The fourth-order valence-electron chi connectivity index (χ4n) is 2.16. The Kier molecular flexibility index (Phi) is 2.71. The van der Waals surface area contributed by atoms with Gasteiger partial charge in [0.1, 0.15) is 0 Å². The van der Waals surface area contributed by atoms with E-state index in [2.05, 4.69) is 0 Å². The molecule has 2 rings (SSSR count). The number of hydrogen-bond donors (Lipinski definition) is 0. The van der Waals surface area contributed by atoms with Gasteiger partial charge in [-0.05, 0) is 32.9 Å². The van der Waals surface area contributed by atoms with Crippen molar-refractivity contribution >= 4 is 5.97 Å². The molecule has 0 fully saturated rings. The van der Waals surface area contributed by atoms with Gasteiger partial charge in [0.15, 0.2) is 12.2 Å². The lowest BCUT2D eigenvalue weighted by molar-refractivity contribution is -0.606. The molecule has 0 saturated heterocycles. The summed E-state index contributed by atoms with van der Waals surface area (Å²) in [7, 11) is 0. The van der Waals surface area contributed by atoms with Crippen LogP contribution < -0.4 is 9.67 Å². The van der Waals surface area contributed by atoms with Gasteiger partial charge < -0.3 is 14.3 Å². The summed E-state index contributed by atoms with van der Waals surface area (Å²) in [6.45, 7) is 5.88. The Morgan fingerprint density at radius 1 is 1.24 bits per heavy atom. The van der Waals surface area contributed by atoms with Gasteiger partial charge in [0, 0.05) is 11.1 Å². The SMILES string of the molecule is Cc1cc(C)c(-[n+]2ccoc2C(=O)[O-])c(C)c1. The fraction of sp³-hybridized carbons (Fsp3) is 0.231. The largest absolute Gasteiger partial charge is 0.537 e. The number of benzene rings is 1. The lowest BCUT2D eigenvalue weighted by Crippen LogP contribution is -2.41. The number of rotatable bonds is 2. The molecule has 2 aromatic rings. The second-order valence-corrected chi connectivity index (χ2v) is 4.11. The van der Waals surface area contributed by atoms with E-state index in [-0.39, 0.29) is 5.89 Å². The molecule has 1 aromatic carbocycles. The van der Waals surface area contributed by atoms with Crippen LogP contribution in [0.2, 0.25) is 0 Å². The summed E-state index contributed by atoms with van der Waals surface area (Å²) in [6.07, 6.45) is 2.92. The van der Waals surface area contributed by atoms with Crippen LogP contribution in [0.1, 0.15) is 27.4 Å². The number of carboxylic acids is 1. The van der Waals surface area contributed by atoms with E-state index in [1.54, 1.807) is 6.20 Å². The Hall–Kier alpha value is -2.10. The monoisotopic (exact) mass is 231 g/mol. The highest BCUT2D eigenvalue weighted by molar-refractivity contribution is 5.78. The molecular formula is C13H13NO3. The standard InChI is InChI=1S/C13H13NO3/c1-8-6-9(2)11(10(3)7-8)14-4-5-17-12(14)13(15)16/h4-7H,1-3H3. The van der Waals surface area contributed by atoms with Crippen molar-refractivity contribution in [2.45, 2.75) is 20.8 Å². The molecule has 4 heteroatoms. The van der Waals surface area contributed by atoms with Crippen LogP contribution in [0.5, 0.6) is 0 Å². The van der Waals surface area contributed by atoms with Crippen molar-refractivity contribution in [2.75, 3.05) is 0 Å². The van der Waals surface area contributed by atoms with E-state index in [1.165, 1.54) is 10.8 Å². The van der Waals surface area contributed by atoms with Crippen LogP contribution in [0.25, 0.3) is 5.69 Å². The molecule has 0 spiro atoms. The molecule has 0 radical (unpaired) electrons. The predicted molar refractivity (Wildman–Crippen MR) is 58.8 cm³/mol. The molecule has 0 aliphatic heterocycles. The second-order valence-electron chi connectivity index (χ2n) is 4.11. The summed E-state index contributed by atoms with van der Waals surface area (Å²) < 4.78 is 6.42. The molecule has 0 aliphatic carbocycles. The number of aromatic nitrogens is 1. The lowest BCUT2D eigenvalue weighted by Gasteiger charge is -2.05. The van der Waals surface area contributed by atoms with Crippen LogP contribution in [-0.2, 0) is 0 Å². The zero-order valence-corrected chi connectivity index (χ0v) is 9.98. The molecule has 1 aromatic heterocycles. The molecule has 17 heavy (non-hydrogen) atoms. The maximum Gasteiger partial charge on any atom is 0.402 e. The summed E-state index contributed by atoms with van der Waals surface area (Å²) in [5.74, 6) is -1.52. The third kappa shape index (κ3) is 1.93. The second kappa shape index (κ2) is 4.05. The molecule has 0 unspecified atom stereocenters. The van der Waals surface area contributed by atoms with Crippen LogP contribution in [0.4, 0.5) is 0 Å². The average Bonchev–Trinajstić information content (AvgIpc) is 2.64. The third-order valence-corrected chi connectivity index (χ3v) is 2.66. The van der Waals surface area contributed by atoms with Gasteiger partial charge in [-0.3, -0.25) is 0 Å². The van der Waals surface area contributed by atoms with Crippen molar-refractivity contribution < 1.29 is 18.9 Å². The molecule has 0 atom stereocenters. The molecule has 0 amide bonds. The van der Waals surface area contributed by atoms with Crippen molar-refractivity contribution in [2.24, 2.45) is 0 Å². The van der Waals surface area contributed by atoms with Crippen LogP contribution in [0.15, 0.2) is 29.0 Å².